The topological polar surface area (TPSA) is 50.4 Å². The second-order valence-corrected chi connectivity index (χ2v) is 6.68. The van der Waals surface area contributed by atoms with Crippen molar-refractivity contribution in [2.75, 3.05) is 32.8 Å². The van der Waals surface area contributed by atoms with Gasteiger partial charge in [0.15, 0.2) is 0 Å². The summed E-state index contributed by atoms with van der Waals surface area (Å²) in [4.78, 5) is 12.9. The molecular weight excluding hydrogens is 264 g/mol. The van der Waals surface area contributed by atoms with Crippen LogP contribution in [0.15, 0.2) is 30.3 Å². The molecule has 1 aromatic carbocycles. The van der Waals surface area contributed by atoms with E-state index in [2.05, 4.69) is 29.7 Å². The number of rotatable bonds is 4. The standard InChI is InChI=1S/C17H24N2O2/c1-16(12-21-13-16)11-19-15(20)17(7-9-18-10-8-17)14-5-3-2-4-6-14/h2-6,18H,7-13H2,1H3,(H,19,20). The first-order chi connectivity index (χ1) is 10.1. The van der Waals surface area contributed by atoms with E-state index in [1.54, 1.807) is 0 Å². The van der Waals surface area contributed by atoms with Crippen LogP contribution in [-0.2, 0) is 14.9 Å². The maximum atomic E-state index is 12.9. The molecule has 4 heteroatoms. The minimum atomic E-state index is -0.381. The van der Waals surface area contributed by atoms with Gasteiger partial charge in [-0.2, -0.15) is 0 Å². The average molecular weight is 288 g/mol. The maximum Gasteiger partial charge on any atom is 0.230 e. The Bertz CT molecular complexity index is 491. The number of carbonyl (C=O) groups is 1. The molecule has 0 bridgehead atoms. The minimum absolute atomic E-state index is 0.112. The van der Waals surface area contributed by atoms with E-state index in [-0.39, 0.29) is 16.7 Å². The SMILES string of the molecule is CC1(CNC(=O)C2(c3ccccc3)CCNCC2)COC1. The van der Waals surface area contributed by atoms with E-state index in [0.717, 1.165) is 44.7 Å². The van der Waals surface area contributed by atoms with Crippen molar-refractivity contribution in [3.05, 3.63) is 35.9 Å². The van der Waals surface area contributed by atoms with Gasteiger partial charge in [-0.1, -0.05) is 37.3 Å². The Labute approximate surface area is 126 Å². The average Bonchev–Trinajstić information content (AvgIpc) is 2.52. The van der Waals surface area contributed by atoms with Crippen molar-refractivity contribution in [3.8, 4) is 0 Å². The van der Waals surface area contributed by atoms with E-state index in [4.69, 9.17) is 4.74 Å². The van der Waals surface area contributed by atoms with Gasteiger partial charge >= 0.3 is 0 Å². The summed E-state index contributed by atoms with van der Waals surface area (Å²) >= 11 is 0. The zero-order chi connectivity index (χ0) is 14.8. The number of amides is 1. The molecular formula is C17H24N2O2. The van der Waals surface area contributed by atoms with Gasteiger partial charge < -0.3 is 15.4 Å². The van der Waals surface area contributed by atoms with Crippen molar-refractivity contribution in [1.82, 2.24) is 10.6 Å². The van der Waals surface area contributed by atoms with Gasteiger partial charge in [0.05, 0.1) is 18.6 Å². The Balaban J connectivity index is 1.77. The van der Waals surface area contributed by atoms with Gasteiger partial charge in [0, 0.05) is 12.0 Å². The summed E-state index contributed by atoms with van der Waals surface area (Å²) in [6, 6.07) is 10.2. The summed E-state index contributed by atoms with van der Waals surface area (Å²) in [7, 11) is 0. The molecule has 0 radical (unpaired) electrons. The summed E-state index contributed by atoms with van der Waals surface area (Å²) in [6.07, 6.45) is 1.71. The number of nitrogens with one attached hydrogen (secondary N) is 2. The molecule has 21 heavy (non-hydrogen) atoms. The Morgan fingerprint density at radius 1 is 1.24 bits per heavy atom. The van der Waals surface area contributed by atoms with Crippen LogP contribution in [0.25, 0.3) is 0 Å². The van der Waals surface area contributed by atoms with Gasteiger partial charge in [-0.15, -0.1) is 0 Å². The predicted molar refractivity (Wildman–Crippen MR) is 82.2 cm³/mol. The third-order valence-electron chi connectivity index (χ3n) is 4.79. The molecule has 0 spiro atoms. The molecule has 0 atom stereocenters. The lowest BCUT2D eigenvalue weighted by molar-refractivity contribution is -0.132. The van der Waals surface area contributed by atoms with Crippen molar-refractivity contribution in [1.29, 1.82) is 0 Å². The molecule has 2 heterocycles. The molecule has 0 aromatic heterocycles. The number of carbonyl (C=O) groups excluding carboxylic acids is 1. The molecule has 2 aliphatic heterocycles. The van der Waals surface area contributed by atoms with Crippen LogP contribution >= 0.6 is 0 Å². The van der Waals surface area contributed by atoms with Crippen LogP contribution < -0.4 is 10.6 Å². The first-order valence-corrected chi connectivity index (χ1v) is 7.77. The van der Waals surface area contributed by atoms with Crippen LogP contribution in [0.5, 0.6) is 0 Å². The highest BCUT2D eigenvalue weighted by molar-refractivity contribution is 5.88. The molecule has 2 aliphatic rings. The highest BCUT2D eigenvalue weighted by Crippen LogP contribution is 2.34. The van der Waals surface area contributed by atoms with Crippen LogP contribution in [-0.4, -0.2) is 38.8 Å². The Hall–Kier alpha value is -1.39. The summed E-state index contributed by atoms with van der Waals surface area (Å²) < 4.78 is 5.26. The molecule has 3 rings (SSSR count). The van der Waals surface area contributed by atoms with Crippen molar-refractivity contribution in [3.63, 3.8) is 0 Å². The fourth-order valence-electron chi connectivity index (χ4n) is 3.27. The van der Waals surface area contributed by atoms with Gasteiger partial charge in [0.1, 0.15) is 0 Å². The monoisotopic (exact) mass is 288 g/mol. The lowest BCUT2D eigenvalue weighted by Crippen LogP contribution is -2.55. The highest BCUT2D eigenvalue weighted by atomic mass is 16.5. The van der Waals surface area contributed by atoms with Crippen molar-refractivity contribution in [2.45, 2.75) is 25.2 Å². The normalized spacial score (nSPS) is 23.1. The summed E-state index contributed by atoms with van der Waals surface area (Å²) in [6.45, 7) is 6.13. The van der Waals surface area contributed by atoms with E-state index in [9.17, 15) is 4.79 Å². The summed E-state index contributed by atoms with van der Waals surface area (Å²) in [5, 5.41) is 6.55. The Morgan fingerprint density at radius 3 is 2.48 bits per heavy atom. The quantitative estimate of drug-likeness (QED) is 0.882. The minimum Gasteiger partial charge on any atom is -0.380 e. The van der Waals surface area contributed by atoms with E-state index < -0.39 is 0 Å². The fraction of sp³-hybridized carbons (Fsp3) is 0.588. The van der Waals surface area contributed by atoms with E-state index in [1.807, 2.05) is 18.2 Å². The highest BCUT2D eigenvalue weighted by Gasteiger charge is 2.42. The number of hydrogen-bond donors (Lipinski definition) is 2. The lowest BCUT2D eigenvalue weighted by atomic mass is 9.72. The molecule has 1 aromatic rings. The van der Waals surface area contributed by atoms with E-state index >= 15 is 0 Å². The molecule has 4 nitrogen and oxygen atoms in total. The van der Waals surface area contributed by atoms with E-state index in [0.29, 0.717) is 6.54 Å². The third-order valence-corrected chi connectivity index (χ3v) is 4.79. The largest absolute Gasteiger partial charge is 0.380 e. The Kier molecular flexibility index (Phi) is 4.00. The summed E-state index contributed by atoms with van der Waals surface area (Å²) in [5.41, 5.74) is 0.868. The van der Waals surface area contributed by atoms with Gasteiger partial charge in [-0.3, -0.25) is 4.79 Å². The fourth-order valence-corrected chi connectivity index (χ4v) is 3.27. The first kappa shape index (κ1) is 14.5. The van der Waals surface area contributed by atoms with Crippen LogP contribution in [0, 0.1) is 5.41 Å². The molecule has 0 aliphatic carbocycles. The van der Waals surface area contributed by atoms with Crippen molar-refractivity contribution in [2.24, 2.45) is 5.41 Å². The van der Waals surface area contributed by atoms with Crippen LogP contribution in [0.1, 0.15) is 25.3 Å². The number of piperidine rings is 1. The van der Waals surface area contributed by atoms with Gasteiger partial charge in [-0.05, 0) is 31.5 Å². The molecule has 2 fully saturated rings. The third kappa shape index (κ3) is 2.83. The lowest BCUT2D eigenvalue weighted by Gasteiger charge is -2.41. The second-order valence-electron chi connectivity index (χ2n) is 6.68. The number of hydrogen-bond acceptors (Lipinski definition) is 3. The van der Waals surface area contributed by atoms with Crippen molar-refractivity contribution >= 4 is 5.91 Å². The van der Waals surface area contributed by atoms with E-state index in [1.165, 1.54) is 0 Å². The number of benzene rings is 1. The summed E-state index contributed by atoms with van der Waals surface area (Å²) in [5.74, 6) is 0.170. The smallest absolute Gasteiger partial charge is 0.230 e. The zero-order valence-corrected chi connectivity index (χ0v) is 12.7. The molecule has 0 saturated carbocycles. The molecule has 1 amide bonds. The van der Waals surface area contributed by atoms with Crippen molar-refractivity contribution < 1.29 is 9.53 Å². The van der Waals surface area contributed by atoms with Gasteiger partial charge in [-0.25, -0.2) is 0 Å². The van der Waals surface area contributed by atoms with Crippen LogP contribution in [0.3, 0.4) is 0 Å². The molecule has 114 valence electrons. The van der Waals surface area contributed by atoms with Crippen LogP contribution in [0.4, 0.5) is 0 Å². The number of ether oxygens (including phenoxy) is 1. The van der Waals surface area contributed by atoms with Crippen LogP contribution in [0.2, 0.25) is 0 Å². The maximum absolute atomic E-state index is 12.9. The van der Waals surface area contributed by atoms with Gasteiger partial charge in [0.2, 0.25) is 5.91 Å². The second kappa shape index (κ2) is 5.78. The zero-order valence-electron chi connectivity index (χ0n) is 12.7. The first-order valence-electron chi connectivity index (χ1n) is 7.77. The Morgan fingerprint density at radius 2 is 1.90 bits per heavy atom. The molecule has 2 N–H and O–H groups in total. The molecule has 0 unspecified atom stereocenters. The van der Waals surface area contributed by atoms with Gasteiger partial charge in [0.25, 0.3) is 0 Å². The predicted octanol–water partition coefficient (Wildman–Crippen LogP) is 1.46. The molecule has 2 saturated heterocycles.